The predicted octanol–water partition coefficient (Wildman–Crippen LogP) is 2.02. The Bertz CT molecular complexity index is 411. The maximum atomic E-state index is 13.5. The van der Waals surface area contributed by atoms with E-state index in [-0.39, 0.29) is 18.5 Å². The molecule has 0 radical (unpaired) electrons. The van der Waals surface area contributed by atoms with Crippen LogP contribution in [0.4, 0.5) is 4.39 Å². The highest BCUT2D eigenvalue weighted by atomic mass is 19.1. The number of halogens is 1. The number of nitrogens with two attached hydrogens (primary N) is 1. The van der Waals surface area contributed by atoms with Gasteiger partial charge in [0.05, 0.1) is 6.61 Å². The summed E-state index contributed by atoms with van der Waals surface area (Å²) in [5, 5.41) is 9.48. The molecule has 0 spiro atoms. The minimum absolute atomic E-state index is 0.180. The minimum atomic E-state index is -0.228. The molecule has 1 heterocycles. The molecular weight excluding hydrogens is 243 g/mol. The third-order valence-electron chi connectivity index (χ3n) is 3.85. The Labute approximate surface area is 114 Å². The molecule has 1 saturated heterocycles. The van der Waals surface area contributed by atoms with E-state index < -0.39 is 0 Å². The summed E-state index contributed by atoms with van der Waals surface area (Å²) in [6, 6.07) is 5.21. The monoisotopic (exact) mass is 266 g/mol. The smallest absolute Gasteiger partial charge is 0.123 e. The van der Waals surface area contributed by atoms with E-state index in [1.165, 1.54) is 18.9 Å². The van der Waals surface area contributed by atoms with Crippen molar-refractivity contribution in [3.8, 4) is 0 Å². The maximum absolute atomic E-state index is 13.5. The molecule has 0 saturated carbocycles. The number of aliphatic hydroxyl groups is 1. The van der Waals surface area contributed by atoms with E-state index in [1.54, 1.807) is 6.07 Å². The van der Waals surface area contributed by atoms with Crippen LogP contribution in [0.1, 0.15) is 36.8 Å². The van der Waals surface area contributed by atoms with Gasteiger partial charge in [-0.2, -0.15) is 0 Å². The average molecular weight is 266 g/mol. The van der Waals surface area contributed by atoms with Gasteiger partial charge in [0, 0.05) is 19.1 Å². The van der Waals surface area contributed by atoms with Crippen LogP contribution in [-0.4, -0.2) is 29.2 Å². The van der Waals surface area contributed by atoms with Crippen LogP contribution in [0.5, 0.6) is 0 Å². The van der Waals surface area contributed by atoms with Gasteiger partial charge in [0.1, 0.15) is 5.82 Å². The van der Waals surface area contributed by atoms with Gasteiger partial charge in [0.15, 0.2) is 0 Å². The molecule has 2 rings (SSSR count). The van der Waals surface area contributed by atoms with Crippen molar-refractivity contribution in [3.63, 3.8) is 0 Å². The summed E-state index contributed by atoms with van der Waals surface area (Å²) in [5.41, 5.74) is 7.35. The van der Waals surface area contributed by atoms with Crippen molar-refractivity contribution < 1.29 is 9.50 Å². The van der Waals surface area contributed by atoms with Crippen molar-refractivity contribution in [2.45, 2.75) is 44.8 Å². The van der Waals surface area contributed by atoms with Crippen LogP contribution in [0.3, 0.4) is 0 Å². The second-order valence-corrected chi connectivity index (χ2v) is 5.33. The van der Waals surface area contributed by atoms with E-state index in [1.807, 2.05) is 6.07 Å². The van der Waals surface area contributed by atoms with Crippen LogP contribution in [0.25, 0.3) is 0 Å². The Kier molecular flexibility index (Phi) is 5.31. The predicted molar refractivity (Wildman–Crippen MR) is 74.0 cm³/mol. The summed E-state index contributed by atoms with van der Waals surface area (Å²) in [4.78, 5) is 2.27. The van der Waals surface area contributed by atoms with Gasteiger partial charge in [-0.1, -0.05) is 18.9 Å². The molecule has 3 N–H and O–H groups in total. The number of hydrogen-bond acceptors (Lipinski definition) is 3. The van der Waals surface area contributed by atoms with Gasteiger partial charge in [-0.05, 0) is 42.6 Å². The van der Waals surface area contributed by atoms with E-state index in [2.05, 4.69) is 4.90 Å². The van der Waals surface area contributed by atoms with Crippen molar-refractivity contribution in [3.05, 3.63) is 35.1 Å². The summed E-state index contributed by atoms with van der Waals surface area (Å²) in [5.74, 6) is -0.228. The molecule has 1 unspecified atom stereocenters. The van der Waals surface area contributed by atoms with Crippen LogP contribution in [-0.2, 0) is 13.1 Å². The highest BCUT2D eigenvalue weighted by Crippen LogP contribution is 2.20. The molecule has 0 aliphatic carbocycles. The zero-order chi connectivity index (χ0) is 13.7. The van der Waals surface area contributed by atoms with Gasteiger partial charge < -0.3 is 10.8 Å². The molecule has 1 fully saturated rings. The van der Waals surface area contributed by atoms with E-state index in [9.17, 15) is 9.50 Å². The van der Waals surface area contributed by atoms with E-state index in [4.69, 9.17) is 5.73 Å². The van der Waals surface area contributed by atoms with Gasteiger partial charge in [-0.25, -0.2) is 4.39 Å². The lowest BCUT2D eigenvalue weighted by molar-refractivity contribution is 0.118. The molecule has 3 nitrogen and oxygen atoms in total. The van der Waals surface area contributed by atoms with E-state index in [0.717, 1.165) is 30.5 Å². The lowest BCUT2D eigenvalue weighted by atomic mass is 10.1. The van der Waals surface area contributed by atoms with Gasteiger partial charge >= 0.3 is 0 Å². The van der Waals surface area contributed by atoms with Crippen molar-refractivity contribution in [2.24, 2.45) is 5.73 Å². The fourth-order valence-electron chi connectivity index (χ4n) is 2.81. The van der Waals surface area contributed by atoms with Crippen LogP contribution in [0.2, 0.25) is 0 Å². The van der Waals surface area contributed by atoms with Crippen molar-refractivity contribution in [1.29, 1.82) is 0 Å². The van der Waals surface area contributed by atoms with Gasteiger partial charge in [0.2, 0.25) is 0 Å². The molecule has 1 aromatic carbocycles. The van der Waals surface area contributed by atoms with Gasteiger partial charge in [-0.3, -0.25) is 4.90 Å². The second-order valence-electron chi connectivity index (χ2n) is 5.33. The van der Waals surface area contributed by atoms with E-state index >= 15 is 0 Å². The molecule has 0 aromatic heterocycles. The standard InChI is InChI=1S/C15H23FN2O/c16-14-7-12(9-17)6-13(8-14)10-18-5-3-1-2-4-15(18)11-19/h6-8,15,19H,1-5,9-11,17H2. The molecular formula is C15H23FN2O. The quantitative estimate of drug-likeness (QED) is 0.876. The van der Waals surface area contributed by atoms with Gasteiger partial charge in [0.25, 0.3) is 0 Å². The summed E-state index contributed by atoms with van der Waals surface area (Å²) in [6.07, 6.45) is 4.55. The molecule has 1 atom stereocenters. The summed E-state index contributed by atoms with van der Waals surface area (Å²) >= 11 is 0. The van der Waals surface area contributed by atoms with Crippen molar-refractivity contribution >= 4 is 0 Å². The molecule has 106 valence electrons. The Morgan fingerprint density at radius 1 is 1.21 bits per heavy atom. The first kappa shape index (κ1) is 14.4. The molecule has 19 heavy (non-hydrogen) atoms. The number of nitrogens with zero attached hydrogens (tertiary/aromatic N) is 1. The molecule has 0 amide bonds. The third kappa shape index (κ3) is 4.00. The lowest BCUT2D eigenvalue weighted by Gasteiger charge is -2.28. The average Bonchev–Trinajstić information content (AvgIpc) is 2.63. The van der Waals surface area contributed by atoms with Crippen LogP contribution >= 0.6 is 0 Å². The van der Waals surface area contributed by atoms with E-state index in [0.29, 0.717) is 13.1 Å². The number of rotatable bonds is 4. The molecule has 4 heteroatoms. The Balaban J connectivity index is 2.11. The molecule has 0 bridgehead atoms. The lowest BCUT2D eigenvalue weighted by Crippen LogP contribution is -2.36. The SMILES string of the molecule is NCc1cc(F)cc(CN2CCCCCC2CO)c1. The topological polar surface area (TPSA) is 49.5 Å². The first-order valence-corrected chi connectivity index (χ1v) is 7.06. The number of hydrogen-bond donors (Lipinski definition) is 2. The Morgan fingerprint density at radius 2 is 2.00 bits per heavy atom. The Hall–Kier alpha value is -0.970. The summed E-state index contributed by atoms with van der Waals surface area (Å²) in [7, 11) is 0. The molecule has 1 aliphatic rings. The zero-order valence-corrected chi connectivity index (χ0v) is 11.3. The third-order valence-corrected chi connectivity index (χ3v) is 3.85. The Morgan fingerprint density at radius 3 is 2.74 bits per heavy atom. The summed E-state index contributed by atoms with van der Waals surface area (Å²) < 4.78 is 13.5. The minimum Gasteiger partial charge on any atom is -0.395 e. The van der Waals surface area contributed by atoms with Crippen LogP contribution < -0.4 is 5.73 Å². The highest BCUT2D eigenvalue weighted by molar-refractivity contribution is 5.24. The van der Waals surface area contributed by atoms with Crippen molar-refractivity contribution in [2.75, 3.05) is 13.2 Å². The molecule has 1 aromatic rings. The zero-order valence-electron chi connectivity index (χ0n) is 11.3. The second kappa shape index (κ2) is 6.98. The highest BCUT2D eigenvalue weighted by Gasteiger charge is 2.20. The van der Waals surface area contributed by atoms with Crippen LogP contribution in [0, 0.1) is 5.82 Å². The first-order chi connectivity index (χ1) is 9.22. The maximum Gasteiger partial charge on any atom is 0.123 e. The fourth-order valence-corrected chi connectivity index (χ4v) is 2.81. The van der Waals surface area contributed by atoms with Crippen LogP contribution in [0.15, 0.2) is 18.2 Å². The fraction of sp³-hybridized carbons (Fsp3) is 0.600. The number of likely N-dealkylation sites (tertiary alicyclic amines) is 1. The first-order valence-electron chi connectivity index (χ1n) is 7.06. The number of benzene rings is 1. The molecule has 1 aliphatic heterocycles. The van der Waals surface area contributed by atoms with Gasteiger partial charge in [-0.15, -0.1) is 0 Å². The largest absolute Gasteiger partial charge is 0.395 e. The normalized spacial score (nSPS) is 21.3. The van der Waals surface area contributed by atoms with Crippen molar-refractivity contribution in [1.82, 2.24) is 4.90 Å². The number of aliphatic hydroxyl groups excluding tert-OH is 1. The summed E-state index contributed by atoms with van der Waals surface area (Å²) in [6.45, 7) is 2.20.